The maximum absolute atomic E-state index is 11.4. The first kappa shape index (κ1) is 17.4. The van der Waals surface area contributed by atoms with Crippen LogP contribution in [0.4, 0.5) is 0 Å². The number of piperidine rings is 1. The van der Waals surface area contributed by atoms with Gasteiger partial charge in [0.05, 0.1) is 0 Å². The van der Waals surface area contributed by atoms with Crippen LogP contribution in [0.2, 0.25) is 0 Å². The van der Waals surface area contributed by atoms with Gasteiger partial charge in [-0.25, -0.2) is 0 Å². The van der Waals surface area contributed by atoms with E-state index in [1.165, 1.54) is 25.9 Å². The summed E-state index contributed by atoms with van der Waals surface area (Å²) in [5.41, 5.74) is -0.758. The van der Waals surface area contributed by atoms with Gasteiger partial charge in [-0.15, -0.1) is 0 Å². The molecule has 1 heterocycles. The predicted octanol–water partition coefficient (Wildman–Crippen LogP) is 2.73. The molecule has 1 rings (SSSR count). The largest absolute Gasteiger partial charge is 0.480 e. The summed E-state index contributed by atoms with van der Waals surface area (Å²) in [6.07, 6.45) is 6.38. The molecule has 2 N–H and O–H groups in total. The summed E-state index contributed by atoms with van der Waals surface area (Å²) in [6, 6.07) is 0. The van der Waals surface area contributed by atoms with Crippen LogP contribution in [-0.4, -0.2) is 47.7 Å². The molecule has 0 aromatic carbocycles. The van der Waals surface area contributed by atoms with Crippen LogP contribution in [-0.2, 0) is 4.79 Å². The summed E-state index contributed by atoms with van der Waals surface area (Å²) in [4.78, 5) is 13.9. The van der Waals surface area contributed by atoms with E-state index in [2.05, 4.69) is 24.1 Å². The highest BCUT2D eigenvalue weighted by molar-refractivity contribution is 5.78. The van der Waals surface area contributed by atoms with E-state index in [4.69, 9.17) is 0 Å². The maximum Gasteiger partial charge on any atom is 0.323 e. The second kappa shape index (κ2) is 8.63. The topological polar surface area (TPSA) is 52.6 Å². The number of unbranched alkanes of at least 4 members (excludes halogenated alkanes) is 1. The molecule has 4 nitrogen and oxygen atoms in total. The van der Waals surface area contributed by atoms with Crippen molar-refractivity contribution in [3.05, 3.63) is 0 Å². The number of likely N-dealkylation sites (tertiary alicyclic amines) is 1. The van der Waals surface area contributed by atoms with E-state index in [9.17, 15) is 9.90 Å². The lowest BCUT2D eigenvalue weighted by Crippen LogP contribution is -2.49. The summed E-state index contributed by atoms with van der Waals surface area (Å²) in [6.45, 7) is 10.5. The van der Waals surface area contributed by atoms with Crippen molar-refractivity contribution in [3.8, 4) is 0 Å². The van der Waals surface area contributed by atoms with E-state index >= 15 is 0 Å². The molecule has 118 valence electrons. The van der Waals surface area contributed by atoms with Crippen LogP contribution in [0.3, 0.4) is 0 Å². The van der Waals surface area contributed by atoms with Crippen molar-refractivity contribution in [2.75, 3.05) is 26.2 Å². The fourth-order valence-corrected chi connectivity index (χ4v) is 2.77. The number of hydrogen-bond donors (Lipinski definition) is 2. The SMILES string of the molecule is CCCNC(C)(CCCCN1CCC(C)CC1)C(=O)O. The van der Waals surface area contributed by atoms with Gasteiger partial charge in [0, 0.05) is 0 Å². The number of aliphatic carboxylic acids is 1. The van der Waals surface area contributed by atoms with Crippen LogP contribution in [0.15, 0.2) is 0 Å². The van der Waals surface area contributed by atoms with Gasteiger partial charge in [0.2, 0.25) is 0 Å². The minimum Gasteiger partial charge on any atom is -0.480 e. The zero-order valence-corrected chi connectivity index (χ0v) is 13.5. The minimum atomic E-state index is -0.758. The lowest BCUT2D eigenvalue weighted by atomic mass is 9.94. The Hall–Kier alpha value is -0.610. The molecule has 20 heavy (non-hydrogen) atoms. The molecule has 1 saturated heterocycles. The van der Waals surface area contributed by atoms with Crippen LogP contribution in [0.1, 0.15) is 59.3 Å². The fraction of sp³-hybridized carbons (Fsp3) is 0.938. The van der Waals surface area contributed by atoms with Crippen LogP contribution in [0.5, 0.6) is 0 Å². The monoisotopic (exact) mass is 284 g/mol. The summed E-state index contributed by atoms with van der Waals surface area (Å²) in [7, 11) is 0. The van der Waals surface area contributed by atoms with Crippen molar-refractivity contribution in [2.45, 2.75) is 64.8 Å². The van der Waals surface area contributed by atoms with E-state index in [-0.39, 0.29) is 0 Å². The second-order valence-electron chi connectivity index (χ2n) is 6.55. The lowest BCUT2D eigenvalue weighted by Gasteiger charge is -2.31. The second-order valence-corrected chi connectivity index (χ2v) is 6.55. The average molecular weight is 284 g/mol. The fourth-order valence-electron chi connectivity index (χ4n) is 2.77. The third kappa shape index (κ3) is 5.80. The van der Waals surface area contributed by atoms with Crippen LogP contribution in [0, 0.1) is 5.92 Å². The molecule has 0 aromatic heterocycles. The standard InChI is InChI=1S/C16H32N2O2/c1-4-10-17-16(3,15(19)20)9-5-6-11-18-12-7-14(2)8-13-18/h14,17H,4-13H2,1-3H3,(H,19,20). The average Bonchev–Trinajstić information content (AvgIpc) is 2.43. The Kier molecular flexibility index (Phi) is 7.52. The lowest BCUT2D eigenvalue weighted by molar-refractivity contribution is -0.144. The molecule has 1 fully saturated rings. The van der Waals surface area contributed by atoms with Crippen molar-refractivity contribution < 1.29 is 9.90 Å². The highest BCUT2D eigenvalue weighted by atomic mass is 16.4. The Morgan fingerprint density at radius 2 is 2.00 bits per heavy atom. The first-order valence-electron chi connectivity index (χ1n) is 8.18. The number of carbonyl (C=O) groups is 1. The van der Waals surface area contributed by atoms with Crippen LogP contribution < -0.4 is 5.32 Å². The van der Waals surface area contributed by atoms with E-state index in [0.29, 0.717) is 6.42 Å². The molecule has 0 amide bonds. The van der Waals surface area contributed by atoms with Gasteiger partial charge in [-0.05, 0) is 77.5 Å². The van der Waals surface area contributed by atoms with Gasteiger partial charge in [-0.1, -0.05) is 13.8 Å². The molecule has 1 atom stereocenters. The first-order valence-corrected chi connectivity index (χ1v) is 8.18. The van der Waals surface area contributed by atoms with Gasteiger partial charge < -0.3 is 15.3 Å². The highest BCUT2D eigenvalue weighted by Gasteiger charge is 2.31. The zero-order chi connectivity index (χ0) is 15.0. The predicted molar refractivity (Wildman–Crippen MR) is 83.0 cm³/mol. The highest BCUT2D eigenvalue weighted by Crippen LogP contribution is 2.18. The quantitative estimate of drug-likeness (QED) is 0.639. The molecule has 0 aromatic rings. The molecule has 1 unspecified atom stereocenters. The smallest absolute Gasteiger partial charge is 0.323 e. The van der Waals surface area contributed by atoms with Crippen molar-refractivity contribution >= 4 is 5.97 Å². The summed E-state index contributed by atoms with van der Waals surface area (Å²) in [5.74, 6) is 0.151. The molecule has 0 bridgehead atoms. The van der Waals surface area contributed by atoms with Gasteiger partial charge in [0.15, 0.2) is 0 Å². The van der Waals surface area contributed by atoms with Gasteiger partial charge in [0.25, 0.3) is 0 Å². The molecule has 0 spiro atoms. The van der Waals surface area contributed by atoms with Crippen molar-refractivity contribution in [1.29, 1.82) is 0 Å². The minimum absolute atomic E-state index is 0.715. The molecule has 1 aliphatic rings. The number of hydrogen-bond acceptors (Lipinski definition) is 3. The molecular weight excluding hydrogens is 252 g/mol. The van der Waals surface area contributed by atoms with E-state index in [1.54, 1.807) is 0 Å². The molecule has 4 heteroatoms. The Bertz CT molecular complexity index is 288. The summed E-state index contributed by atoms with van der Waals surface area (Å²) >= 11 is 0. The maximum atomic E-state index is 11.4. The van der Waals surface area contributed by atoms with Crippen LogP contribution in [0.25, 0.3) is 0 Å². The Morgan fingerprint density at radius 1 is 1.35 bits per heavy atom. The number of nitrogens with zero attached hydrogens (tertiary/aromatic N) is 1. The van der Waals surface area contributed by atoms with Crippen molar-refractivity contribution in [2.24, 2.45) is 5.92 Å². The molecule has 1 aliphatic heterocycles. The van der Waals surface area contributed by atoms with Gasteiger partial charge >= 0.3 is 5.97 Å². The summed E-state index contributed by atoms with van der Waals surface area (Å²) in [5, 5.41) is 12.5. The van der Waals surface area contributed by atoms with Crippen LogP contribution >= 0.6 is 0 Å². The molecule has 0 saturated carbocycles. The zero-order valence-electron chi connectivity index (χ0n) is 13.5. The third-order valence-electron chi connectivity index (χ3n) is 4.51. The Balaban J connectivity index is 2.22. The van der Waals surface area contributed by atoms with Gasteiger partial charge in [0.1, 0.15) is 5.54 Å². The van der Waals surface area contributed by atoms with Gasteiger partial charge in [-0.2, -0.15) is 0 Å². The van der Waals surface area contributed by atoms with Crippen molar-refractivity contribution in [3.63, 3.8) is 0 Å². The van der Waals surface area contributed by atoms with E-state index in [0.717, 1.165) is 38.3 Å². The Labute approximate surface area is 123 Å². The number of rotatable bonds is 9. The Morgan fingerprint density at radius 3 is 2.55 bits per heavy atom. The van der Waals surface area contributed by atoms with Crippen molar-refractivity contribution in [1.82, 2.24) is 10.2 Å². The summed E-state index contributed by atoms with van der Waals surface area (Å²) < 4.78 is 0. The molecular formula is C16H32N2O2. The van der Waals surface area contributed by atoms with Gasteiger partial charge in [-0.3, -0.25) is 4.79 Å². The number of carboxylic acid groups (broad SMARTS) is 1. The normalized spacial score (nSPS) is 20.8. The third-order valence-corrected chi connectivity index (χ3v) is 4.51. The first-order chi connectivity index (χ1) is 9.48. The van der Waals surface area contributed by atoms with E-state index in [1.807, 2.05) is 6.92 Å². The number of nitrogens with one attached hydrogen (secondary N) is 1. The number of carboxylic acids is 1. The molecule has 0 radical (unpaired) electrons. The molecule has 0 aliphatic carbocycles. The van der Waals surface area contributed by atoms with E-state index < -0.39 is 11.5 Å².